The van der Waals surface area contributed by atoms with E-state index in [1.807, 2.05) is 0 Å². The Balaban J connectivity index is 2.72. The molecule has 248 valence electrons. The minimum absolute atomic E-state index is 0.0379. The predicted octanol–water partition coefficient (Wildman–Crippen LogP) is 10.4. The fourth-order valence-corrected chi connectivity index (χ4v) is 21.0. The number of carbonyl (C=O) groups is 1. The second-order valence-corrected chi connectivity index (χ2v) is 32.7. The number of Topliss-reactive ketones (excluding diaryl/α,β-unsaturated/α-hetero) is 1. The second-order valence-electron chi connectivity index (χ2n) is 17.1. The van der Waals surface area contributed by atoms with Crippen molar-refractivity contribution in [1.82, 2.24) is 0 Å². The molecule has 8 heteroatoms. The molecule has 0 amide bonds. The van der Waals surface area contributed by atoms with E-state index in [-0.39, 0.29) is 29.1 Å². The van der Waals surface area contributed by atoms with Gasteiger partial charge in [-0.15, -0.1) is 0 Å². The molecule has 0 aromatic carbocycles. The van der Waals surface area contributed by atoms with Gasteiger partial charge in [-0.1, -0.05) is 104 Å². The smallest absolute Gasteiger partial charge is 0.200 e. The van der Waals surface area contributed by atoms with Crippen molar-refractivity contribution < 1.29 is 22.8 Å². The monoisotopic (exact) mass is 642 g/mol. The van der Waals surface area contributed by atoms with Crippen molar-refractivity contribution in [2.45, 2.75) is 205 Å². The van der Waals surface area contributed by atoms with Gasteiger partial charge in [-0.25, -0.2) is 0 Å². The first kappa shape index (κ1) is 38.3. The fraction of sp³-hybridized carbons (Fsp3) is 0.971. The summed E-state index contributed by atoms with van der Waals surface area (Å²) in [6.45, 7) is 40.1. The van der Waals surface area contributed by atoms with Gasteiger partial charge >= 0.3 is 0 Å². The molecule has 1 spiro atoms. The molecular weight excluding hydrogens is 573 g/mol. The summed E-state index contributed by atoms with van der Waals surface area (Å²) < 4.78 is 29.3. The van der Waals surface area contributed by atoms with Crippen molar-refractivity contribution in [3.05, 3.63) is 0 Å². The Morgan fingerprint density at radius 1 is 0.786 bits per heavy atom. The van der Waals surface area contributed by atoms with Crippen molar-refractivity contribution in [3.63, 3.8) is 0 Å². The van der Waals surface area contributed by atoms with Gasteiger partial charge in [-0.3, -0.25) is 4.79 Å². The summed E-state index contributed by atoms with van der Waals surface area (Å²) in [4.78, 5) is 13.7. The van der Waals surface area contributed by atoms with Gasteiger partial charge in [0.15, 0.2) is 22.4 Å². The highest BCUT2D eigenvalue weighted by atomic mass is 28.4. The van der Waals surface area contributed by atoms with Gasteiger partial charge in [0.05, 0.1) is 18.8 Å². The first-order chi connectivity index (χ1) is 19.0. The third kappa shape index (κ3) is 7.25. The summed E-state index contributed by atoms with van der Waals surface area (Å²) in [7, 11) is -6.66. The van der Waals surface area contributed by atoms with E-state index in [1.54, 1.807) is 0 Å². The summed E-state index contributed by atoms with van der Waals surface area (Å²) >= 11 is 0. The van der Waals surface area contributed by atoms with Gasteiger partial charge in [0.25, 0.3) is 0 Å². The highest BCUT2D eigenvalue weighted by Gasteiger charge is 2.59. The minimum atomic E-state index is -2.27. The Bertz CT molecular complexity index is 849. The maximum atomic E-state index is 13.7. The van der Waals surface area contributed by atoms with E-state index in [2.05, 4.69) is 117 Å². The zero-order valence-electron chi connectivity index (χ0n) is 30.8. The Kier molecular flexibility index (Phi) is 12.7. The molecule has 2 aliphatic rings. The van der Waals surface area contributed by atoms with Crippen LogP contribution in [-0.4, -0.2) is 61.3 Å². The van der Waals surface area contributed by atoms with Crippen molar-refractivity contribution in [2.75, 3.05) is 6.61 Å². The minimum Gasteiger partial charge on any atom is -0.413 e. The van der Waals surface area contributed by atoms with E-state index in [0.29, 0.717) is 52.7 Å². The SMILES string of the molecule is CC(C)[Si](OC[C@H]1O[C@@]2(CCCC2=O)C[C@@H](O[Si](C(C)C)(C(C)C)C(C)C)[C@H]1O[Si](C)(C)C(C)(C)C)(C(C)C)C(C)C. The molecule has 1 aliphatic carbocycles. The van der Waals surface area contributed by atoms with Gasteiger partial charge in [-0.2, -0.15) is 0 Å². The average Bonchev–Trinajstić information content (AvgIpc) is 3.16. The van der Waals surface area contributed by atoms with Crippen LogP contribution in [-0.2, 0) is 22.8 Å². The lowest BCUT2D eigenvalue weighted by atomic mass is 9.86. The number of ether oxygens (including phenoxy) is 1. The van der Waals surface area contributed by atoms with Crippen LogP contribution < -0.4 is 0 Å². The lowest BCUT2D eigenvalue weighted by Gasteiger charge is -2.54. The summed E-state index contributed by atoms with van der Waals surface area (Å²) in [5, 5.41) is 0.0379. The van der Waals surface area contributed by atoms with E-state index in [4.69, 9.17) is 18.0 Å². The number of hydrogen-bond acceptors (Lipinski definition) is 5. The van der Waals surface area contributed by atoms with Crippen LogP contribution in [0.15, 0.2) is 0 Å². The third-order valence-corrected chi connectivity index (χ3v) is 28.3. The molecule has 1 saturated carbocycles. The van der Waals surface area contributed by atoms with Gasteiger partial charge < -0.3 is 18.0 Å². The van der Waals surface area contributed by atoms with Gasteiger partial charge in [0.1, 0.15) is 11.7 Å². The van der Waals surface area contributed by atoms with Crippen LogP contribution >= 0.6 is 0 Å². The van der Waals surface area contributed by atoms with E-state index in [9.17, 15) is 4.79 Å². The molecule has 0 aromatic heterocycles. The number of ketones is 1. The second kappa shape index (κ2) is 13.9. The van der Waals surface area contributed by atoms with Crippen LogP contribution in [0.3, 0.4) is 0 Å². The number of rotatable bonds is 13. The Hall–Kier alpha value is 0.161. The van der Waals surface area contributed by atoms with Crippen molar-refractivity contribution in [1.29, 1.82) is 0 Å². The summed E-state index contributed by atoms with van der Waals surface area (Å²) in [5.41, 5.74) is 1.97. The largest absolute Gasteiger partial charge is 0.413 e. The van der Waals surface area contributed by atoms with Crippen LogP contribution in [0.1, 0.15) is 130 Å². The highest BCUT2D eigenvalue weighted by molar-refractivity contribution is 6.78. The lowest BCUT2D eigenvalue weighted by molar-refractivity contribution is -0.210. The van der Waals surface area contributed by atoms with E-state index >= 15 is 0 Å². The maximum Gasteiger partial charge on any atom is 0.200 e. The molecular formula is C34H70O5Si3. The van der Waals surface area contributed by atoms with Gasteiger partial charge in [-0.05, 0) is 64.2 Å². The molecule has 1 saturated heterocycles. The lowest BCUT2D eigenvalue weighted by Crippen LogP contribution is -2.65. The molecule has 1 heterocycles. The molecule has 0 aromatic rings. The number of carbonyl (C=O) groups excluding carboxylic acids is 1. The molecule has 0 N–H and O–H groups in total. The molecule has 5 nitrogen and oxygen atoms in total. The topological polar surface area (TPSA) is 54.0 Å². The predicted molar refractivity (Wildman–Crippen MR) is 186 cm³/mol. The van der Waals surface area contributed by atoms with Crippen LogP contribution in [0.4, 0.5) is 0 Å². The Morgan fingerprint density at radius 3 is 1.60 bits per heavy atom. The van der Waals surface area contributed by atoms with Crippen molar-refractivity contribution >= 4 is 30.7 Å². The van der Waals surface area contributed by atoms with E-state index in [1.165, 1.54) is 0 Å². The van der Waals surface area contributed by atoms with Crippen LogP contribution in [0.5, 0.6) is 0 Å². The molecule has 1 aliphatic heterocycles. The fourth-order valence-electron chi connectivity index (χ4n) is 8.63. The average molecular weight is 643 g/mol. The van der Waals surface area contributed by atoms with Crippen molar-refractivity contribution in [3.8, 4) is 0 Å². The Labute approximate surface area is 264 Å². The molecule has 2 fully saturated rings. The normalized spacial score (nSPS) is 26.8. The van der Waals surface area contributed by atoms with Crippen molar-refractivity contribution in [2.24, 2.45) is 0 Å². The molecule has 0 bridgehead atoms. The third-order valence-electron chi connectivity index (χ3n) is 11.6. The highest BCUT2D eigenvalue weighted by Crippen LogP contribution is 2.50. The summed E-state index contributed by atoms with van der Waals surface area (Å²) in [6, 6.07) is 0. The Morgan fingerprint density at radius 2 is 1.24 bits per heavy atom. The first-order valence-electron chi connectivity index (χ1n) is 17.2. The maximum absolute atomic E-state index is 13.7. The van der Waals surface area contributed by atoms with Gasteiger partial charge in [0.2, 0.25) is 8.32 Å². The summed E-state index contributed by atoms with van der Waals surface area (Å²) in [6.07, 6.45) is 2.08. The molecule has 2 rings (SSSR count). The first-order valence-corrected chi connectivity index (χ1v) is 24.4. The molecule has 0 unspecified atom stereocenters. The summed E-state index contributed by atoms with van der Waals surface area (Å²) in [5.74, 6) is 0.248. The standard InChI is InChI=1S/C34H70O5Si3/c1-23(2)41(24(3)4,25(5)6)36-22-30-32(39-40(16,17)33(13,14)15)29(21-34(37-30)20-18-19-31(34)35)38-42(26(7)8,27(9)10)28(11)12/h23-30,32H,18-22H2,1-17H3/t29-,30-,32-,34+/m1/s1. The van der Waals surface area contributed by atoms with Crippen LogP contribution in [0.2, 0.25) is 51.4 Å². The quantitative estimate of drug-likeness (QED) is 0.187. The van der Waals surface area contributed by atoms with Gasteiger partial charge in [0, 0.05) is 12.8 Å². The number of hydrogen-bond donors (Lipinski definition) is 0. The van der Waals surface area contributed by atoms with E-state index < -0.39 is 30.6 Å². The molecule has 0 radical (unpaired) electrons. The molecule has 42 heavy (non-hydrogen) atoms. The van der Waals surface area contributed by atoms with Crippen LogP contribution in [0, 0.1) is 0 Å². The van der Waals surface area contributed by atoms with E-state index in [0.717, 1.165) is 12.8 Å². The zero-order chi connectivity index (χ0) is 32.6. The zero-order valence-corrected chi connectivity index (χ0v) is 33.8. The van der Waals surface area contributed by atoms with Crippen LogP contribution in [0.25, 0.3) is 0 Å². The molecule has 4 atom stereocenters.